The molecule has 0 unspecified atom stereocenters. The zero-order chi connectivity index (χ0) is 21.1. The van der Waals surface area contributed by atoms with Gasteiger partial charge >= 0.3 is 6.18 Å². The second-order valence-corrected chi connectivity index (χ2v) is 7.52. The van der Waals surface area contributed by atoms with Gasteiger partial charge in [-0.15, -0.1) is 0 Å². The highest BCUT2D eigenvalue weighted by Crippen LogP contribution is 2.31. The van der Waals surface area contributed by atoms with Crippen molar-refractivity contribution in [1.29, 1.82) is 0 Å². The van der Waals surface area contributed by atoms with E-state index in [2.05, 4.69) is 22.2 Å². The van der Waals surface area contributed by atoms with Crippen LogP contribution < -0.4 is 5.32 Å². The minimum atomic E-state index is -4.34. The number of furan rings is 1. The molecule has 3 aromatic rings. The van der Waals surface area contributed by atoms with E-state index in [-0.39, 0.29) is 0 Å². The van der Waals surface area contributed by atoms with Crippen LogP contribution in [0.25, 0.3) is 11.3 Å². The molecule has 30 heavy (non-hydrogen) atoms. The Morgan fingerprint density at radius 2 is 1.80 bits per heavy atom. The number of hydrogen-bond acceptors (Lipinski definition) is 4. The smallest absolute Gasteiger partial charge is 0.416 e. The van der Waals surface area contributed by atoms with Gasteiger partial charge in [0.25, 0.3) is 0 Å². The fraction of sp³-hybridized carbons (Fsp3) is 0.409. The first-order valence-electron chi connectivity index (χ1n) is 10.2. The molecule has 0 atom stereocenters. The van der Waals surface area contributed by atoms with E-state index in [1.165, 1.54) is 12.1 Å². The van der Waals surface area contributed by atoms with Crippen LogP contribution in [0.1, 0.15) is 37.1 Å². The zero-order valence-corrected chi connectivity index (χ0v) is 16.8. The summed E-state index contributed by atoms with van der Waals surface area (Å²) < 4.78 is 46.0. The average molecular weight is 418 g/mol. The standard InChI is InChI=1S/C22H25F3N4O/c1-2-28-13-10-18(11-14-28)29-21(9-12-27-29)26-15-19-7-8-20(30-19)16-3-5-17(6-4-16)22(23,24)25/h3-9,12,18,26H,2,10-11,13-15H2,1H3. The van der Waals surface area contributed by atoms with E-state index >= 15 is 0 Å². The topological polar surface area (TPSA) is 46.2 Å². The SMILES string of the molecule is CCN1CCC(n2nccc2NCc2ccc(-c3ccc(C(F)(F)F)cc3)o2)CC1. The molecule has 2 aromatic heterocycles. The highest BCUT2D eigenvalue weighted by Gasteiger charge is 2.30. The number of anilines is 1. The summed E-state index contributed by atoms with van der Waals surface area (Å²) in [6.45, 7) is 5.89. The number of nitrogens with one attached hydrogen (secondary N) is 1. The van der Waals surface area contributed by atoms with Gasteiger partial charge in [0.2, 0.25) is 0 Å². The first-order chi connectivity index (χ1) is 14.4. The Morgan fingerprint density at radius 1 is 1.07 bits per heavy atom. The third-order valence-corrected chi connectivity index (χ3v) is 5.62. The van der Waals surface area contributed by atoms with Crippen molar-refractivity contribution in [3.8, 4) is 11.3 Å². The molecular formula is C22H25F3N4O. The van der Waals surface area contributed by atoms with E-state index in [0.29, 0.717) is 29.7 Å². The summed E-state index contributed by atoms with van der Waals surface area (Å²) in [6, 6.07) is 10.9. The molecule has 0 aliphatic carbocycles. The molecule has 1 aromatic carbocycles. The number of rotatable bonds is 6. The van der Waals surface area contributed by atoms with E-state index in [0.717, 1.165) is 50.4 Å². The van der Waals surface area contributed by atoms with E-state index in [4.69, 9.17) is 4.42 Å². The minimum Gasteiger partial charge on any atom is -0.459 e. The van der Waals surface area contributed by atoms with Crippen LogP contribution in [-0.4, -0.2) is 34.3 Å². The predicted molar refractivity (Wildman–Crippen MR) is 109 cm³/mol. The number of alkyl halides is 3. The van der Waals surface area contributed by atoms with Crippen LogP contribution in [0, 0.1) is 0 Å². The van der Waals surface area contributed by atoms with Crippen molar-refractivity contribution in [3.05, 3.63) is 60.0 Å². The second kappa shape index (κ2) is 8.55. The van der Waals surface area contributed by atoms with Gasteiger partial charge in [0.05, 0.1) is 24.3 Å². The number of nitrogens with zero attached hydrogens (tertiary/aromatic N) is 3. The van der Waals surface area contributed by atoms with Crippen LogP contribution in [0.5, 0.6) is 0 Å². The zero-order valence-electron chi connectivity index (χ0n) is 16.8. The predicted octanol–water partition coefficient (Wildman–Crippen LogP) is 5.43. The highest BCUT2D eigenvalue weighted by atomic mass is 19.4. The summed E-state index contributed by atoms with van der Waals surface area (Å²) >= 11 is 0. The molecule has 0 spiro atoms. The molecule has 4 rings (SSSR count). The molecule has 1 aliphatic heterocycles. The van der Waals surface area contributed by atoms with Crippen LogP contribution >= 0.6 is 0 Å². The molecule has 160 valence electrons. The molecular weight excluding hydrogens is 393 g/mol. The largest absolute Gasteiger partial charge is 0.459 e. The van der Waals surface area contributed by atoms with Gasteiger partial charge in [-0.05, 0) is 43.7 Å². The van der Waals surface area contributed by atoms with Crippen LogP contribution in [0.15, 0.2) is 53.1 Å². The summed E-state index contributed by atoms with van der Waals surface area (Å²) in [7, 11) is 0. The minimum absolute atomic E-state index is 0.379. The van der Waals surface area contributed by atoms with Crippen molar-refractivity contribution in [2.75, 3.05) is 25.0 Å². The molecule has 1 N–H and O–H groups in total. The van der Waals surface area contributed by atoms with Crippen molar-refractivity contribution in [1.82, 2.24) is 14.7 Å². The lowest BCUT2D eigenvalue weighted by molar-refractivity contribution is -0.137. The Labute approximate surface area is 173 Å². The summed E-state index contributed by atoms with van der Waals surface area (Å²) in [5.41, 5.74) is -0.0558. The van der Waals surface area contributed by atoms with Crippen molar-refractivity contribution < 1.29 is 17.6 Å². The quantitative estimate of drug-likeness (QED) is 0.580. The maximum absolute atomic E-state index is 12.7. The van der Waals surface area contributed by atoms with Gasteiger partial charge in [0.15, 0.2) is 0 Å². The molecule has 1 fully saturated rings. The number of hydrogen-bond donors (Lipinski definition) is 1. The number of likely N-dealkylation sites (tertiary alicyclic amines) is 1. The van der Waals surface area contributed by atoms with E-state index in [9.17, 15) is 13.2 Å². The first-order valence-corrected chi connectivity index (χ1v) is 10.2. The lowest BCUT2D eigenvalue weighted by Crippen LogP contribution is -2.34. The molecule has 0 saturated carbocycles. The Hall–Kier alpha value is -2.74. The molecule has 3 heterocycles. The van der Waals surface area contributed by atoms with Gasteiger partial charge in [-0.1, -0.05) is 19.1 Å². The first kappa shape index (κ1) is 20.5. The average Bonchev–Trinajstić information content (AvgIpc) is 3.41. The summed E-state index contributed by atoms with van der Waals surface area (Å²) in [6.07, 6.45) is -0.400. The number of piperidine rings is 1. The molecule has 1 saturated heterocycles. The van der Waals surface area contributed by atoms with Gasteiger partial charge < -0.3 is 14.6 Å². The number of aromatic nitrogens is 2. The van der Waals surface area contributed by atoms with Gasteiger partial charge in [0.1, 0.15) is 17.3 Å². The normalized spacial score (nSPS) is 16.1. The maximum atomic E-state index is 12.7. The summed E-state index contributed by atoms with van der Waals surface area (Å²) in [5, 5.41) is 7.87. The third-order valence-electron chi connectivity index (χ3n) is 5.62. The van der Waals surface area contributed by atoms with Crippen LogP contribution in [0.4, 0.5) is 19.0 Å². The van der Waals surface area contributed by atoms with Crippen LogP contribution in [0.3, 0.4) is 0 Å². The Morgan fingerprint density at radius 3 is 2.47 bits per heavy atom. The molecule has 1 aliphatic rings. The Kier molecular flexibility index (Phi) is 5.85. The fourth-order valence-corrected chi connectivity index (χ4v) is 3.85. The molecule has 8 heteroatoms. The van der Waals surface area contributed by atoms with Crippen molar-refractivity contribution in [3.63, 3.8) is 0 Å². The Balaban J connectivity index is 1.38. The lowest BCUT2D eigenvalue weighted by Gasteiger charge is -2.31. The monoisotopic (exact) mass is 418 g/mol. The van der Waals surface area contributed by atoms with Crippen molar-refractivity contribution >= 4 is 5.82 Å². The molecule has 0 bridgehead atoms. The van der Waals surface area contributed by atoms with Crippen LogP contribution in [-0.2, 0) is 12.7 Å². The van der Waals surface area contributed by atoms with Gasteiger partial charge in [-0.25, -0.2) is 4.68 Å². The van der Waals surface area contributed by atoms with Crippen molar-refractivity contribution in [2.45, 2.75) is 38.5 Å². The molecule has 5 nitrogen and oxygen atoms in total. The van der Waals surface area contributed by atoms with E-state index < -0.39 is 11.7 Å². The third kappa shape index (κ3) is 4.53. The van der Waals surface area contributed by atoms with E-state index in [1.807, 2.05) is 16.8 Å². The van der Waals surface area contributed by atoms with Crippen molar-refractivity contribution in [2.24, 2.45) is 0 Å². The molecule has 0 amide bonds. The summed E-state index contributed by atoms with van der Waals surface area (Å²) in [4.78, 5) is 2.44. The maximum Gasteiger partial charge on any atom is 0.416 e. The highest BCUT2D eigenvalue weighted by molar-refractivity contribution is 5.58. The van der Waals surface area contributed by atoms with Crippen LogP contribution in [0.2, 0.25) is 0 Å². The van der Waals surface area contributed by atoms with Gasteiger partial charge in [-0.2, -0.15) is 18.3 Å². The number of benzene rings is 1. The van der Waals surface area contributed by atoms with Gasteiger partial charge in [0, 0.05) is 24.7 Å². The fourth-order valence-electron chi connectivity index (χ4n) is 3.85. The van der Waals surface area contributed by atoms with E-state index in [1.54, 1.807) is 12.3 Å². The summed E-state index contributed by atoms with van der Waals surface area (Å²) in [5.74, 6) is 2.19. The lowest BCUT2D eigenvalue weighted by atomic mass is 10.1. The second-order valence-electron chi connectivity index (χ2n) is 7.52. The molecule has 0 radical (unpaired) electrons. The Bertz CT molecular complexity index is 953. The van der Waals surface area contributed by atoms with Gasteiger partial charge in [-0.3, -0.25) is 0 Å². The number of halogens is 3.